The first kappa shape index (κ1) is 17.3. The van der Waals surface area contributed by atoms with Crippen LogP contribution in [-0.4, -0.2) is 36.4 Å². The largest absolute Gasteiger partial charge is 0.478 e. The Bertz CT molecular complexity index is 510. The van der Waals surface area contributed by atoms with Crippen molar-refractivity contribution in [2.75, 3.05) is 13.2 Å². The number of hydrogen-bond acceptors (Lipinski definition) is 3. The summed E-state index contributed by atoms with van der Waals surface area (Å²) in [7, 11) is 0. The molecule has 3 N–H and O–H groups in total. The van der Waals surface area contributed by atoms with Crippen LogP contribution in [0, 0.1) is 0 Å². The van der Waals surface area contributed by atoms with Gasteiger partial charge in [-0.2, -0.15) is 0 Å². The normalized spacial score (nSPS) is 17.5. The van der Waals surface area contributed by atoms with Crippen molar-refractivity contribution in [2.45, 2.75) is 44.8 Å². The number of carbonyl (C=O) groups is 2. The van der Waals surface area contributed by atoms with Gasteiger partial charge in [0, 0.05) is 19.7 Å². The van der Waals surface area contributed by atoms with Gasteiger partial charge in [-0.05, 0) is 49.8 Å². The molecule has 1 atom stereocenters. The third-order valence-electron chi connectivity index (χ3n) is 3.92. The predicted octanol–water partition coefficient (Wildman–Crippen LogP) is 2.53. The molecule has 0 radical (unpaired) electrons. The van der Waals surface area contributed by atoms with Crippen molar-refractivity contribution in [1.29, 1.82) is 0 Å². The molecule has 1 unspecified atom stereocenters. The molecule has 0 spiro atoms. The van der Waals surface area contributed by atoms with E-state index in [0.717, 1.165) is 37.9 Å². The molecule has 23 heavy (non-hydrogen) atoms. The molecule has 1 aromatic rings. The summed E-state index contributed by atoms with van der Waals surface area (Å²) in [5.74, 6) is -0.954. The van der Waals surface area contributed by atoms with E-state index < -0.39 is 5.97 Å². The van der Waals surface area contributed by atoms with Crippen LogP contribution in [0.4, 0.5) is 4.79 Å². The smallest absolute Gasteiger partial charge is 0.335 e. The zero-order valence-corrected chi connectivity index (χ0v) is 13.2. The Hall–Kier alpha value is -2.08. The number of carboxylic acids is 1. The molecule has 0 aromatic heterocycles. The number of benzene rings is 1. The van der Waals surface area contributed by atoms with E-state index in [1.165, 1.54) is 18.6 Å². The fourth-order valence-electron chi connectivity index (χ4n) is 2.58. The van der Waals surface area contributed by atoms with Crippen LogP contribution in [0.25, 0.3) is 0 Å². The monoisotopic (exact) mass is 320 g/mol. The molecule has 0 saturated carbocycles. The van der Waals surface area contributed by atoms with Gasteiger partial charge in [0.15, 0.2) is 0 Å². The van der Waals surface area contributed by atoms with Crippen LogP contribution in [0.15, 0.2) is 24.3 Å². The minimum atomic E-state index is -0.954. The van der Waals surface area contributed by atoms with Gasteiger partial charge in [0.2, 0.25) is 0 Å². The fraction of sp³-hybridized carbons (Fsp3) is 0.529. The second kappa shape index (κ2) is 9.15. The van der Waals surface area contributed by atoms with Gasteiger partial charge >= 0.3 is 12.0 Å². The molecule has 6 heteroatoms. The van der Waals surface area contributed by atoms with Gasteiger partial charge in [0.1, 0.15) is 0 Å². The number of urea groups is 1. The van der Waals surface area contributed by atoms with Crippen LogP contribution in [0.3, 0.4) is 0 Å². The molecule has 1 aliphatic heterocycles. The topological polar surface area (TPSA) is 87.7 Å². The van der Waals surface area contributed by atoms with Crippen LogP contribution in [0.1, 0.15) is 48.0 Å². The van der Waals surface area contributed by atoms with Gasteiger partial charge in [0.05, 0.1) is 11.7 Å². The summed E-state index contributed by atoms with van der Waals surface area (Å²) in [6.07, 6.45) is 5.76. The molecule has 2 amide bonds. The molecule has 0 bridgehead atoms. The summed E-state index contributed by atoms with van der Waals surface area (Å²) >= 11 is 0. The molecule has 6 nitrogen and oxygen atoms in total. The number of hydrogen-bond donors (Lipinski definition) is 3. The second-order valence-electron chi connectivity index (χ2n) is 5.74. The molecular formula is C17H24N2O4. The number of aromatic carboxylic acids is 1. The van der Waals surface area contributed by atoms with Gasteiger partial charge in [-0.1, -0.05) is 12.1 Å². The Morgan fingerprint density at radius 2 is 1.96 bits per heavy atom. The van der Waals surface area contributed by atoms with E-state index in [1.807, 2.05) is 0 Å². The molecule has 1 fully saturated rings. The van der Waals surface area contributed by atoms with E-state index in [1.54, 1.807) is 12.1 Å². The van der Waals surface area contributed by atoms with Crippen molar-refractivity contribution in [3.63, 3.8) is 0 Å². The van der Waals surface area contributed by atoms with Crippen molar-refractivity contribution in [3.8, 4) is 0 Å². The minimum absolute atomic E-state index is 0.211. The molecule has 1 heterocycles. The third-order valence-corrected chi connectivity index (χ3v) is 3.92. The highest BCUT2D eigenvalue weighted by Gasteiger charge is 2.13. The predicted molar refractivity (Wildman–Crippen MR) is 86.5 cm³/mol. The maximum Gasteiger partial charge on any atom is 0.335 e. The van der Waals surface area contributed by atoms with Gasteiger partial charge in [-0.15, -0.1) is 0 Å². The fourth-order valence-corrected chi connectivity index (χ4v) is 2.58. The Kier molecular flexibility index (Phi) is 6.87. The first-order chi connectivity index (χ1) is 11.1. The second-order valence-corrected chi connectivity index (χ2v) is 5.74. The maximum absolute atomic E-state index is 11.7. The highest BCUT2D eigenvalue weighted by atomic mass is 16.5. The number of carbonyl (C=O) groups excluding carboxylic acids is 1. The lowest BCUT2D eigenvalue weighted by Gasteiger charge is -2.22. The number of ether oxygens (including phenoxy) is 1. The zero-order chi connectivity index (χ0) is 16.5. The Balaban J connectivity index is 1.58. The Labute approximate surface area is 136 Å². The number of nitrogens with one attached hydrogen (secondary N) is 2. The van der Waals surface area contributed by atoms with E-state index in [0.29, 0.717) is 19.2 Å². The van der Waals surface area contributed by atoms with E-state index in [9.17, 15) is 9.59 Å². The van der Waals surface area contributed by atoms with Gasteiger partial charge in [0.25, 0.3) is 0 Å². The average Bonchev–Trinajstić information content (AvgIpc) is 2.58. The average molecular weight is 320 g/mol. The summed E-state index contributed by atoms with van der Waals surface area (Å²) in [5.41, 5.74) is 1.10. The first-order valence-corrected chi connectivity index (χ1v) is 8.10. The summed E-state index contributed by atoms with van der Waals surface area (Å²) in [6, 6.07) is 6.24. The molecular weight excluding hydrogens is 296 g/mol. The standard InChI is InChI=1S/C17H24N2O4/c20-16(21)14-8-6-13(7-9-14)12-19-17(22)18-10-3-5-15-4-1-2-11-23-15/h6-9,15H,1-5,10-12H2,(H,20,21)(H2,18,19,22). The molecule has 1 aliphatic rings. The number of amides is 2. The van der Waals surface area contributed by atoms with Crippen LogP contribution in [0.2, 0.25) is 0 Å². The lowest BCUT2D eigenvalue weighted by molar-refractivity contribution is 0.0103. The minimum Gasteiger partial charge on any atom is -0.478 e. The van der Waals surface area contributed by atoms with E-state index >= 15 is 0 Å². The van der Waals surface area contributed by atoms with Crippen LogP contribution >= 0.6 is 0 Å². The first-order valence-electron chi connectivity index (χ1n) is 8.10. The lowest BCUT2D eigenvalue weighted by Crippen LogP contribution is -2.36. The van der Waals surface area contributed by atoms with Gasteiger partial charge < -0.3 is 20.5 Å². The Morgan fingerprint density at radius 3 is 2.61 bits per heavy atom. The summed E-state index contributed by atoms with van der Waals surface area (Å²) < 4.78 is 5.65. The third kappa shape index (κ3) is 6.28. The summed E-state index contributed by atoms with van der Waals surface area (Å²) in [4.78, 5) is 22.4. The van der Waals surface area contributed by atoms with Gasteiger partial charge in [-0.3, -0.25) is 0 Å². The SMILES string of the molecule is O=C(NCCCC1CCCCO1)NCc1ccc(C(=O)O)cc1. The summed E-state index contributed by atoms with van der Waals surface area (Å²) in [5, 5.41) is 14.4. The van der Waals surface area contributed by atoms with Crippen molar-refractivity contribution < 1.29 is 19.4 Å². The van der Waals surface area contributed by atoms with Crippen molar-refractivity contribution in [2.24, 2.45) is 0 Å². The van der Waals surface area contributed by atoms with Gasteiger partial charge in [-0.25, -0.2) is 9.59 Å². The van der Waals surface area contributed by atoms with Crippen LogP contribution < -0.4 is 10.6 Å². The molecule has 1 aromatic carbocycles. The van der Waals surface area contributed by atoms with Crippen LogP contribution in [-0.2, 0) is 11.3 Å². The number of rotatable bonds is 7. The van der Waals surface area contributed by atoms with E-state index in [-0.39, 0.29) is 11.6 Å². The zero-order valence-electron chi connectivity index (χ0n) is 13.2. The van der Waals surface area contributed by atoms with Crippen molar-refractivity contribution in [1.82, 2.24) is 10.6 Å². The van der Waals surface area contributed by atoms with Crippen molar-refractivity contribution >= 4 is 12.0 Å². The number of carboxylic acid groups (broad SMARTS) is 1. The highest BCUT2D eigenvalue weighted by Crippen LogP contribution is 2.16. The molecule has 0 aliphatic carbocycles. The maximum atomic E-state index is 11.7. The molecule has 1 saturated heterocycles. The molecule has 2 rings (SSSR count). The van der Waals surface area contributed by atoms with E-state index in [2.05, 4.69) is 10.6 Å². The lowest BCUT2D eigenvalue weighted by atomic mass is 10.0. The van der Waals surface area contributed by atoms with E-state index in [4.69, 9.17) is 9.84 Å². The molecule has 126 valence electrons. The quantitative estimate of drug-likeness (QED) is 0.674. The Morgan fingerprint density at radius 1 is 1.17 bits per heavy atom. The van der Waals surface area contributed by atoms with Crippen molar-refractivity contribution in [3.05, 3.63) is 35.4 Å². The van der Waals surface area contributed by atoms with Crippen LogP contribution in [0.5, 0.6) is 0 Å². The summed E-state index contributed by atoms with van der Waals surface area (Å²) in [6.45, 7) is 1.86. The highest BCUT2D eigenvalue weighted by molar-refractivity contribution is 5.87.